The summed E-state index contributed by atoms with van der Waals surface area (Å²) in [5.41, 5.74) is 2.80. The highest BCUT2D eigenvalue weighted by molar-refractivity contribution is 6.32. The summed E-state index contributed by atoms with van der Waals surface area (Å²) in [6, 6.07) is 11.1. The number of hydrogen-bond acceptors (Lipinski definition) is 4. The third-order valence-corrected chi connectivity index (χ3v) is 3.71. The molecule has 0 spiro atoms. The van der Waals surface area contributed by atoms with Gasteiger partial charge >= 0.3 is 0 Å². The van der Waals surface area contributed by atoms with Gasteiger partial charge < -0.3 is 14.7 Å². The Balaban J connectivity index is 1.82. The third kappa shape index (κ3) is 4.40. The zero-order valence-electron chi connectivity index (χ0n) is 12.5. The molecule has 5 heteroatoms. The monoisotopic (exact) mass is 319 g/mol. The summed E-state index contributed by atoms with van der Waals surface area (Å²) >= 11 is 6.12. The van der Waals surface area contributed by atoms with Crippen LogP contribution in [-0.2, 0) is 0 Å². The minimum atomic E-state index is 0.439. The summed E-state index contributed by atoms with van der Waals surface area (Å²) in [5.74, 6) is 1.53. The molecular formula is C17H18ClNO3. The van der Waals surface area contributed by atoms with E-state index in [1.54, 1.807) is 0 Å². The van der Waals surface area contributed by atoms with Crippen LogP contribution in [0.2, 0.25) is 5.02 Å². The number of hydrogen-bond donors (Lipinski definition) is 1. The summed E-state index contributed by atoms with van der Waals surface area (Å²) in [6.07, 6.45) is 1.36. The largest absolute Gasteiger partial charge is 0.490 e. The first-order chi connectivity index (χ1) is 10.6. The van der Waals surface area contributed by atoms with Gasteiger partial charge in [-0.2, -0.15) is 0 Å². The molecule has 1 N–H and O–H groups in total. The van der Waals surface area contributed by atoms with Gasteiger partial charge in [0.25, 0.3) is 0 Å². The molecule has 0 aromatic heterocycles. The minimum Gasteiger partial charge on any atom is -0.490 e. The lowest BCUT2D eigenvalue weighted by Gasteiger charge is -2.11. The number of aryl methyl sites for hydroxylation is 2. The van der Waals surface area contributed by atoms with Crippen LogP contribution in [0, 0.1) is 13.8 Å². The lowest BCUT2D eigenvalue weighted by atomic mass is 10.1. The molecule has 116 valence electrons. The first-order valence-electron chi connectivity index (χ1n) is 6.90. The maximum Gasteiger partial charge on any atom is 0.122 e. The SMILES string of the molecule is Cc1cc(OCCOc2ccc(C=NO)cc2)cc(C)c1Cl. The molecule has 2 aromatic rings. The average molecular weight is 320 g/mol. The standard InChI is InChI=1S/C17H18ClNO3/c1-12-9-16(10-13(2)17(12)18)22-8-7-21-15-5-3-14(4-6-15)11-19-20/h3-6,9-11,20H,7-8H2,1-2H3. The molecule has 2 rings (SSSR count). The molecular weight excluding hydrogens is 302 g/mol. The molecule has 0 fully saturated rings. The summed E-state index contributed by atoms with van der Waals surface area (Å²) < 4.78 is 11.3. The lowest BCUT2D eigenvalue weighted by molar-refractivity contribution is 0.217. The van der Waals surface area contributed by atoms with Crippen LogP contribution in [0.4, 0.5) is 0 Å². The number of halogens is 1. The lowest BCUT2D eigenvalue weighted by Crippen LogP contribution is -2.09. The molecule has 0 bridgehead atoms. The van der Waals surface area contributed by atoms with E-state index >= 15 is 0 Å². The van der Waals surface area contributed by atoms with Gasteiger partial charge in [-0.05, 0) is 66.9 Å². The minimum absolute atomic E-state index is 0.439. The molecule has 0 saturated carbocycles. The van der Waals surface area contributed by atoms with Crippen molar-refractivity contribution in [2.45, 2.75) is 13.8 Å². The number of benzene rings is 2. The number of oxime groups is 1. The van der Waals surface area contributed by atoms with Crippen molar-refractivity contribution >= 4 is 17.8 Å². The van der Waals surface area contributed by atoms with E-state index in [9.17, 15) is 0 Å². The summed E-state index contributed by atoms with van der Waals surface area (Å²) in [5, 5.41) is 12.2. The normalized spacial score (nSPS) is 10.9. The third-order valence-electron chi connectivity index (χ3n) is 3.12. The topological polar surface area (TPSA) is 51.0 Å². The molecule has 4 nitrogen and oxygen atoms in total. The fourth-order valence-corrected chi connectivity index (χ4v) is 2.13. The summed E-state index contributed by atoms with van der Waals surface area (Å²) in [7, 11) is 0. The predicted molar refractivity (Wildman–Crippen MR) is 87.7 cm³/mol. The van der Waals surface area contributed by atoms with Crippen LogP contribution in [-0.4, -0.2) is 24.6 Å². The highest BCUT2D eigenvalue weighted by Crippen LogP contribution is 2.25. The Morgan fingerprint density at radius 3 is 2.09 bits per heavy atom. The Morgan fingerprint density at radius 2 is 1.55 bits per heavy atom. The molecule has 22 heavy (non-hydrogen) atoms. The van der Waals surface area contributed by atoms with Crippen LogP contribution in [0.3, 0.4) is 0 Å². The van der Waals surface area contributed by atoms with Crippen molar-refractivity contribution < 1.29 is 14.7 Å². The van der Waals surface area contributed by atoms with Gasteiger partial charge in [0, 0.05) is 5.02 Å². The molecule has 0 amide bonds. The van der Waals surface area contributed by atoms with E-state index in [1.165, 1.54) is 6.21 Å². The van der Waals surface area contributed by atoms with Gasteiger partial charge in [-0.3, -0.25) is 0 Å². The zero-order chi connectivity index (χ0) is 15.9. The van der Waals surface area contributed by atoms with E-state index in [1.807, 2.05) is 50.2 Å². The van der Waals surface area contributed by atoms with Gasteiger partial charge in [-0.25, -0.2) is 0 Å². The van der Waals surface area contributed by atoms with Crippen LogP contribution in [0.15, 0.2) is 41.6 Å². The summed E-state index contributed by atoms with van der Waals surface area (Å²) in [6.45, 7) is 4.79. The quantitative estimate of drug-likeness (QED) is 0.375. The predicted octanol–water partition coefficient (Wildman–Crippen LogP) is 4.22. The summed E-state index contributed by atoms with van der Waals surface area (Å²) in [4.78, 5) is 0. The molecule has 0 saturated heterocycles. The molecule has 0 aliphatic carbocycles. The molecule has 0 atom stereocenters. The average Bonchev–Trinajstić information content (AvgIpc) is 2.51. The second kappa shape index (κ2) is 7.71. The van der Waals surface area contributed by atoms with Crippen molar-refractivity contribution in [3.05, 3.63) is 58.1 Å². The second-order valence-corrected chi connectivity index (χ2v) is 5.26. The van der Waals surface area contributed by atoms with Crippen molar-refractivity contribution in [2.24, 2.45) is 5.16 Å². The van der Waals surface area contributed by atoms with Crippen molar-refractivity contribution in [1.82, 2.24) is 0 Å². The van der Waals surface area contributed by atoms with Crippen molar-refractivity contribution in [3.8, 4) is 11.5 Å². The Hall–Kier alpha value is -2.20. The Bertz CT molecular complexity index is 630. The first-order valence-corrected chi connectivity index (χ1v) is 7.28. The Kier molecular flexibility index (Phi) is 5.67. The Labute approximate surface area is 134 Å². The van der Waals surface area contributed by atoms with Gasteiger partial charge in [0.15, 0.2) is 0 Å². The molecule has 0 radical (unpaired) electrons. The highest BCUT2D eigenvalue weighted by Gasteiger charge is 2.03. The fraction of sp³-hybridized carbons (Fsp3) is 0.235. The number of ether oxygens (including phenoxy) is 2. The van der Waals surface area contributed by atoms with Crippen molar-refractivity contribution in [2.75, 3.05) is 13.2 Å². The maximum absolute atomic E-state index is 8.44. The van der Waals surface area contributed by atoms with Gasteiger partial charge in [0.2, 0.25) is 0 Å². The Morgan fingerprint density at radius 1 is 1.00 bits per heavy atom. The van der Waals surface area contributed by atoms with Gasteiger partial charge in [0.1, 0.15) is 24.7 Å². The molecule has 0 heterocycles. The van der Waals surface area contributed by atoms with E-state index in [0.29, 0.717) is 13.2 Å². The van der Waals surface area contributed by atoms with Gasteiger partial charge in [-0.1, -0.05) is 16.8 Å². The van der Waals surface area contributed by atoms with E-state index in [0.717, 1.165) is 33.2 Å². The van der Waals surface area contributed by atoms with E-state index in [-0.39, 0.29) is 0 Å². The molecule has 0 unspecified atom stereocenters. The van der Waals surface area contributed by atoms with Crippen molar-refractivity contribution in [1.29, 1.82) is 0 Å². The maximum atomic E-state index is 8.44. The second-order valence-electron chi connectivity index (χ2n) is 4.88. The number of rotatable bonds is 6. The fourth-order valence-electron chi connectivity index (χ4n) is 2.03. The van der Waals surface area contributed by atoms with Gasteiger partial charge in [0.05, 0.1) is 6.21 Å². The number of nitrogens with zero attached hydrogens (tertiary/aromatic N) is 1. The van der Waals surface area contributed by atoms with Crippen LogP contribution >= 0.6 is 11.6 Å². The van der Waals surface area contributed by atoms with Crippen molar-refractivity contribution in [3.63, 3.8) is 0 Å². The van der Waals surface area contributed by atoms with Crippen LogP contribution < -0.4 is 9.47 Å². The first kappa shape index (κ1) is 16.2. The molecule has 2 aromatic carbocycles. The van der Waals surface area contributed by atoms with E-state index < -0.39 is 0 Å². The molecule has 0 aliphatic heterocycles. The van der Waals surface area contributed by atoms with Gasteiger partial charge in [-0.15, -0.1) is 0 Å². The smallest absolute Gasteiger partial charge is 0.122 e. The van der Waals surface area contributed by atoms with E-state index in [2.05, 4.69) is 5.16 Å². The van der Waals surface area contributed by atoms with Crippen LogP contribution in [0.25, 0.3) is 0 Å². The van der Waals surface area contributed by atoms with E-state index in [4.69, 9.17) is 26.3 Å². The highest BCUT2D eigenvalue weighted by atomic mass is 35.5. The van der Waals surface area contributed by atoms with Crippen LogP contribution in [0.1, 0.15) is 16.7 Å². The zero-order valence-corrected chi connectivity index (χ0v) is 13.3. The molecule has 0 aliphatic rings. The van der Waals surface area contributed by atoms with Crippen LogP contribution in [0.5, 0.6) is 11.5 Å².